The normalized spacial score (nSPS) is 14.0. The highest BCUT2D eigenvalue weighted by molar-refractivity contribution is 6.09. The van der Waals surface area contributed by atoms with Gasteiger partial charge >= 0.3 is 0 Å². The summed E-state index contributed by atoms with van der Waals surface area (Å²) in [6.45, 7) is 0.477. The topological polar surface area (TPSA) is 26.3 Å². The molecule has 1 aliphatic heterocycles. The van der Waals surface area contributed by atoms with Crippen molar-refractivity contribution in [2.45, 2.75) is 19.3 Å². The molecule has 0 fully saturated rings. The second-order valence-electron chi connectivity index (χ2n) is 5.06. The number of fused-ring (bicyclic) bond motifs is 1. The largest absolute Gasteiger partial charge is 0.490 e. The zero-order valence-electron chi connectivity index (χ0n) is 11.4. The van der Waals surface area contributed by atoms with Crippen molar-refractivity contribution in [1.29, 1.82) is 0 Å². The lowest BCUT2D eigenvalue weighted by Gasteiger charge is -2.10. The van der Waals surface area contributed by atoms with E-state index in [2.05, 4.69) is 0 Å². The van der Waals surface area contributed by atoms with Crippen LogP contribution in [0.4, 0.5) is 8.78 Å². The van der Waals surface area contributed by atoms with E-state index in [1.807, 2.05) is 0 Å². The van der Waals surface area contributed by atoms with E-state index in [1.165, 1.54) is 18.2 Å². The lowest BCUT2D eigenvalue weighted by Crippen LogP contribution is -2.07. The number of ether oxygens (including phenoxy) is 1. The molecule has 0 saturated heterocycles. The maximum Gasteiger partial charge on any atom is 0.196 e. The van der Waals surface area contributed by atoms with Crippen molar-refractivity contribution >= 4 is 5.78 Å². The van der Waals surface area contributed by atoms with E-state index >= 15 is 0 Å². The molecule has 0 bridgehead atoms. The molecule has 2 nitrogen and oxygen atoms in total. The van der Waals surface area contributed by atoms with Crippen molar-refractivity contribution < 1.29 is 18.3 Å². The van der Waals surface area contributed by atoms with E-state index in [0.29, 0.717) is 18.6 Å². The van der Waals surface area contributed by atoms with Crippen LogP contribution >= 0.6 is 0 Å². The highest BCUT2D eigenvalue weighted by Crippen LogP contribution is 2.29. The molecule has 0 aliphatic carbocycles. The number of hydrogen-bond donors (Lipinski definition) is 0. The molecule has 2 aromatic carbocycles. The van der Waals surface area contributed by atoms with Crippen LogP contribution in [0.25, 0.3) is 0 Å². The molecule has 0 atom stereocenters. The van der Waals surface area contributed by atoms with E-state index in [9.17, 15) is 13.6 Å². The van der Waals surface area contributed by atoms with E-state index < -0.39 is 17.4 Å². The second-order valence-corrected chi connectivity index (χ2v) is 5.06. The second kappa shape index (κ2) is 5.64. The first-order valence-electron chi connectivity index (χ1n) is 6.91. The molecular formula is C17H14F2O2. The summed E-state index contributed by atoms with van der Waals surface area (Å²) >= 11 is 0. The first-order chi connectivity index (χ1) is 10.2. The van der Waals surface area contributed by atoms with Crippen molar-refractivity contribution in [2.24, 2.45) is 0 Å². The first-order valence-corrected chi connectivity index (χ1v) is 6.91. The van der Waals surface area contributed by atoms with Crippen LogP contribution in [0.2, 0.25) is 0 Å². The molecule has 0 N–H and O–H groups in total. The van der Waals surface area contributed by atoms with Crippen LogP contribution in [0, 0.1) is 11.6 Å². The van der Waals surface area contributed by atoms with Gasteiger partial charge in [-0.3, -0.25) is 4.79 Å². The van der Waals surface area contributed by atoms with Gasteiger partial charge < -0.3 is 4.74 Å². The molecule has 2 aromatic rings. The van der Waals surface area contributed by atoms with Crippen LogP contribution in [0.5, 0.6) is 5.75 Å². The maximum absolute atomic E-state index is 14.1. The van der Waals surface area contributed by atoms with E-state index in [-0.39, 0.29) is 16.9 Å². The van der Waals surface area contributed by atoms with Crippen LogP contribution in [0.1, 0.15) is 34.3 Å². The molecule has 21 heavy (non-hydrogen) atoms. The summed E-state index contributed by atoms with van der Waals surface area (Å²) in [4.78, 5) is 12.3. The monoisotopic (exact) mass is 288 g/mol. The van der Waals surface area contributed by atoms with Gasteiger partial charge in [0.15, 0.2) is 17.3 Å². The Morgan fingerprint density at radius 1 is 1.05 bits per heavy atom. The minimum Gasteiger partial charge on any atom is -0.490 e. The molecule has 0 amide bonds. The molecule has 0 radical (unpaired) electrons. The van der Waals surface area contributed by atoms with E-state index in [4.69, 9.17) is 4.74 Å². The Hall–Kier alpha value is -2.23. The smallest absolute Gasteiger partial charge is 0.196 e. The molecule has 0 spiro atoms. The Morgan fingerprint density at radius 3 is 2.67 bits per heavy atom. The molecule has 3 rings (SSSR count). The van der Waals surface area contributed by atoms with Gasteiger partial charge in [-0.25, -0.2) is 8.78 Å². The van der Waals surface area contributed by atoms with Gasteiger partial charge in [0.1, 0.15) is 5.82 Å². The number of rotatable bonds is 2. The third-order valence-electron chi connectivity index (χ3n) is 3.59. The number of carbonyl (C=O) groups is 1. The van der Waals surface area contributed by atoms with Crippen molar-refractivity contribution in [3.8, 4) is 5.75 Å². The minimum atomic E-state index is -0.603. The highest BCUT2D eigenvalue weighted by atomic mass is 19.1. The number of aryl methyl sites for hydroxylation is 1. The zero-order chi connectivity index (χ0) is 14.8. The van der Waals surface area contributed by atoms with Crippen molar-refractivity contribution in [1.82, 2.24) is 0 Å². The van der Waals surface area contributed by atoms with Crippen LogP contribution in [-0.2, 0) is 6.42 Å². The summed E-state index contributed by atoms with van der Waals surface area (Å²) in [5, 5.41) is 0. The molecule has 0 saturated carbocycles. The van der Waals surface area contributed by atoms with E-state index in [0.717, 1.165) is 18.9 Å². The fourth-order valence-electron chi connectivity index (χ4n) is 2.52. The lowest BCUT2D eigenvalue weighted by molar-refractivity contribution is 0.103. The van der Waals surface area contributed by atoms with Gasteiger partial charge in [0.25, 0.3) is 0 Å². The predicted molar refractivity (Wildman–Crippen MR) is 74.7 cm³/mol. The average molecular weight is 288 g/mol. The van der Waals surface area contributed by atoms with Crippen molar-refractivity contribution in [2.75, 3.05) is 6.61 Å². The predicted octanol–water partition coefficient (Wildman–Crippen LogP) is 3.91. The van der Waals surface area contributed by atoms with Gasteiger partial charge in [0.2, 0.25) is 0 Å². The minimum absolute atomic E-state index is 0.0496. The fourth-order valence-corrected chi connectivity index (χ4v) is 2.52. The number of halogens is 2. The van der Waals surface area contributed by atoms with Crippen LogP contribution < -0.4 is 4.74 Å². The lowest BCUT2D eigenvalue weighted by atomic mass is 9.98. The summed E-state index contributed by atoms with van der Waals surface area (Å²) in [5.74, 6) is -1.46. The molecule has 1 aliphatic rings. The van der Waals surface area contributed by atoms with Gasteiger partial charge in [-0.1, -0.05) is 12.1 Å². The quantitative estimate of drug-likeness (QED) is 0.783. The number of benzene rings is 2. The van der Waals surface area contributed by atoms with Gasteiger partial charge in [0, 0.05) is 5.56 Å². The summed E-state index contributed by atoms with van der Waals surface area (Å²) in [7, 11) is 0. The molecule has 108 valence electrons. The average Bonchev–Trinajstić information content (AvgIpc) is 2.72. The summed E-state index contributed by atoms with van der Waals surface area (Å²) < 4.78 is 33.2. The van der Waals surface area contributed by atoms with Gasteiger partial charge in [-0.05, 0) is 49.1 Å². The fraction of sp³-hybridized carbons (Fsp3) is 0.235. The van der Waals surface area contributed by atoms with Crippen LogP contribution in [0.3, 0.4) is 0 Å². The Balaban J connectivity index is 2.04. The van der Waals surface area contributed by atoms with Crippen LogP contribution in [-0.4, -0.2) is 12.4 Å². The van der Waals surface area contributed by atoms with Gasteiger partial charge in [0.05, 0.1) is 12.2 Å². The standard InChI is InChI=1S/C17H14F2O2/c18-14-7-2-1-6-13(14)16(20)12-9-11-5-3-4-8-21-17(11)15(19)10-12/h1-2,6-7,9-10H,3-5,8H2. The van der Waals surface area contributed by atoms with Crippen molar-refractivity contribution in [3.63, 3.8) is 0 Å². The van der Waals surface area contributed by atoms with Crippen molar-refractivity contribution in [3.05, 3.63) is 64.7 Å². The third-order valence-corrected chi connectivity index (χ3v) is 3.59. The molecule has 4 heteroatoms. The highest BCUT2D eigenvalue weighted by Gasteiger charge is 2.20. The zero-order valence-corrected chi connectivity index (χ0v) is 11.4. The third kappa shape index (κ3) is 2.66. The number of hydrogen-bond acceptors (Lipinski definition) is 2. The van der Waals surface area contributed by atoms with Crippen LogP contribution in [0.15, 0.2) is 36.4 Å². The molecule has 0 aromatic heterocycles. The molecule has 1 heterocycles. The summed E-state index contributed by atoms with van der Waals surface area (Å²) in [6, 6.07) is 8.45. The molecular weight excluding hydrogens is 274 g/mol. The Labute approximate surface area is 121 Å². The SMILES string of the molecule is O=C(c1cc(F)c2c(c1)CCCCO2)c1ccccc1F. The van der Waals surface area contributed by atoms with Gasteiger partial charge in [-0.2, -0.15) is 0 Å². The first kappa shape index (κ1) is 13.7. The maximum atomic E-state index is 14.1. The number of carbonyl (C=O) groups excluding carboxylic acids is 1. The van der Waals surface area contributed by atoms with Gasteiger partial charge in [-0.15, -0.1) is 0 Å². The number of ketones is 1. The summed E-state index contributed by atoms with van der Waals surface area (Å²) in [6.07, 6.45) is 2.39. The Morgan fingerprint density at radius 2 is 1.86 bits per heavy atom. The van der Waals surface area contributed by atoms with E-state index in [1.54, 1.807) is 12.1 Å². The Bertz CT molecular complexity index is 695. The molecule has 0 unspecified atom stereocenters. The Kier molecular flexibility index (Phi) is 3.69. The summed E-state index contributed by atoms with van der Waals surface area (Å²) in [5.41, 5.74) is 0.778.